The lowest BCUT2D eigenvalue weighted by Crippen LogP contribution is -2.30. The van der Waals surface area contributed by atoms with E-state index in [9.17, 15) is 10.1 Å². The molecule has 1 aromatic heterocycles. The van der Waals surface area contributed by atoms with Gasteiger partial charge in [-0.2, -0.15) is 5.26 Å². The molecule has 116 valence electrons. The maximum atomic E-state index is 12.0. The van der Waals surface area contributed by atoms with Gasteiger partial charge in [0.1, 0.15) is 0 Å². The molecule has 1 aliphatic heterocycles. The summed E-state index contributed by atoms with van der Waals surface area (Å²) in [6.07, 6.45) is 0.319. The van der Waals surface area contributed by atoms with E-state index in [1.165, 1.54) is 11.8 Å². The van der Waals surface area contributed by atoms with Crippen molar-refractivity contribution in [3.05, 3.63) is 67.8 Å². The highest BCUT2D eigenvalue weighted by molar-refractivity contribution is 8.02. The predicted molar refractivity (Wildman–Crippen MR) is 95.2 cm³/mol. The normalized spacial score (nSPS) is 17.7. The molecule has 1 amide bonds. The second kappa shape index (κ2) is 7.22. The molecule has 3 nitrogen and oxygen atoms in total. The minimum absolute atomic E-state index is 0.0518. The Bertz CT molecular complexity index is 793. The van der Waals surface area contributed by atoms with Gasteiger partial charge in [-0.3, -0.25) is 4.79 Å². The standard InChI is InChI=1S/C17H13ClN2OS2/c18-14-5-2-1-4-11(14)10-23-17-13(9-19)12(8-16(21)20-17)15-6-3-7-22-15/h1-7,12H,8,10H2,(H,20,21)/t12-/m1/s1. The number of thioether (sulfide) groups is 1. The van der Waals surface area contributed by atoms with Crippen molar-refractivity contribution in [1.82, 2.24) is 5.32 Å². The summed E-state index contributed by atoms with van der Waals surface area (Å²) in [7, 11) is 0. The smallest absolute Gasteiger partial charge is 0.225 e. The SMILES string of the molecule is N#CC1=C(SCc2ccccc2Cl)NC(=O)C[C@H]1c1cccs1. The van der Waals surface area contributed by atoms with Crippen molar-refractivity contribution in [2.75, 3.05) is 0 Å². The zero-order valence-corrected chi connectivity index (χ0v) is 14.5. The number of halogens is 1. The van der Waals surface area contributed by atoms with Crippen molar-refractivity contribution in [2.24, 2.45) is 0 Å². The van der Waals surface area contributed by atoms with Gasteiger partial charge < -0.3 is 5.32 Å². The summed E-state index contributed by atoms with van der Waals surface area (Å²) in [5.41, 5.74) is 1.61. The number of benzene rings is 1. The predicted octanol–water partition coefficient (Wildman–Crippen LogP) is 4.67. The third kappa shape index (κ3) is 3.61. The first kappa shape index (κ1) is 16.1. The fourth-order valence-corrected chi connectivity index (χ4v) is 4.63. The van der Waals surface area contributed by atoms with E-state index in [1.807, 2.05) is 41.8 Å². The highest BCUT2D eigenvalue weighted by Crippen LogP contribution is 2.38. The van der Waals surface area contributed by atoms with Crippen molar-refractivity contribution >= 4 is 40.6 Å². The Balaban J connectivity index is 1.87. The fourth-order valence-electron chi connectivity index (χ4n) is 2.43. The molecule has 0 spiro atoms. The Labute approximate surface area is 148 Å². The number of rotatable bonds is 4. The Morgan fingerprint density at radius 2 is 2.17 bits per heavy atom. The van der Waals surface area contributed by atoms with Crippen LogP contribution in [-0.4, -0.2) is 5.91 Å². The largest absolute Gasteiger partial charge is 0.320 e. The third-order valence-electron chi connectivity index (χ3n) is 3.57. The molecule has 0 aliphatic carbocycles. The van der Waals surface area contributed by atoms with Crippen molar-refractivity contribution in [2.45, 2.75) is 18.1 Å². The monoisotopic (exact) mass is 360 g/mol. The summed E-state index contributed by atoms with van der Waals surface area (Å²) < 4.78 is 0. The number of nitriles is 1. The van der Waals surface area contributed by atoms with Crippen molar-refractivity contribution in [1.29, 1.82) is 5.26 Å². The van der Waals surface area contributed by atoms with Crippen LogP contribution in [-0.2, 0) is 10.5 Å². The Morgan fingerprint density at radius 1 is 1.35 bits per heavy atom. The van der Waals surface area contributed by atoms with Gasteiger partial charge in [0.05, 0.1) is 16.7 Å². The van der Waals surface area contributed by atoms with E-state index in [-0.39, 0.29) is 11.8 Å². The molecule has 1 N–H and O–H groups in total. The quantitative estimate of drug-likeness (QED) is 0.861. The molecular weight excluding hydrogens is 348 g/mol. The fraction of sp³-hybridized carbons (Fsp3) is 0.176. The first-order valence-corrected chi connectivity index (χ1v) is 9.27. The molecule has 0 radical (unpaired) electrons. The van der Waals surface area contributed by atoms with Gasteiger partial charge in [-0.15, -0.1) is 23.1 Å². The van der Waals surface area contributed by atoms with Crippen molar-refractivity contribution < 1.29 is 4.79 Å². The molecule has 0 fully saturated rings. The number of nitrogens with zero attached hydrogens (tertiary/aromatic N) is 1. The lowest BCUT2D eigenvalue weighted by atomic mass is 9.93. The number of nitrogens with one attached hydrogen (secondary N) is 1. The molecule has 2 aromatic rings. The molecule has 2 heterocycles. The molecule has 0 saturated carbocycles. The van der Waals surface area contributed by atoms with E-state index >= 15 is 0 Å². The minimum Gasteiger partial charge on any atom is -0.320 e. The molecule has 0 bridgehead atoms. The molecule has 6 heteroatoms. The van der Waals surface area contributed by atoms with Gasteiger partial charge in [0.2, 0.25) is 5.91 Å². The minimum atomic E-state index is -0.150. The van der Waals surface area contributed by atoms with E-state index in [0.29, 0.717) is 27.8 Å². The van der Waals surface area contributed by atoms with E-state index in [2.05, 4.69) is 11.4 Å². The van der Waals surface area contributed by atoms with Gasteiger partial charge >= 0.3 is 0 Å². The van der Waals surface area contributed by atoms with Crippen LogP contribution in [0.5, 0.6) is 0 Å². The highest BCUT2D eigenvalue weighted by atomic mass is 35.5. The van der Waals surface area contributed by atoms with Gasteiger partial charge in [0.15, 0.2) is 0 Å². The maximum absolute atomic E-state index is 12.0. The van der Waals surface area contributed by atoms with E-state index in [0.717, 1.165) is 10.4 Å². The maximum Gasteiger partial charge on any atom is 0.225 e. The van der Waals surface area contributed by atoms with Crippen LogP contribution in [0.15, 0.2) is 52.4 Å². The van der Waals surface area contributed by atoms with Gasteiger partial charge in [-0.05, 0) is 23.1 Å². The lowest BCUT2D eigenvalue weighted by Gasteiger charge is -2.24. The zero-order chi connectivity index (χ0) is 16.2. The Kier molecular flexibility index (Phi) is 5.06. The topological polar surface area (TPSA) is 52.9 Å². The number of hydrogen-bond donors (Lipinski definition) is 1. The molecule has 0 saturated heterocycles. The van der Waals surface area contributed by atoms with E-state index < -0.39 is 0 Å². The molecular formula is C17H13ClN2OS2. The molecule has 1 atom stereocenters. The zero-order valence-electron chi connectivity index (χ0n) is 12.1. The van der Waals surface area contributed by atoms with Crippen LogP contribution >= 0.6 is 34.7 Å². The van der Waals surface area contributed by atoms with Crippen molar-refractivity contribution in [3.8, 4) is 6.07 Å². The Hall–Kier alpha value is -1.74. The summed E-state index contributed by atoms with van der Waals surface area (Å²) >= 11 is 9.19. The van der Waals surface area contributed by atoms with Gasteiger partial charge in [0, 0.05) is 28.0 Å². The highest BCUT2D eigenvalue weighted by Gasteiger charge is 2.30. The number of carbonyl (C=O) groups is 1. The average Bonchev–Trinajstić information content (AvgIpc) is 3.08. The van der Waals surface area contributed by atoms with Crippen LogP contribution in [0.1, 0.15) is 22.8 Å². The van der Waals surface area contributed by atoms with Gasteiger partial charge in [0.25, 0.3) is 0 Å². The number of carbonyl (C=O) groups excluding carboxylic acids is 1. The number of thiophene rings is 1. The molecule has 0 unspecified atom stereocenters. The van der Waals surface area contributed by atoms with Crippen LogP contribution in [0.2, 0.25) is 5.02 Å². The van der Waals surface area contributed by atoms with Gasteiger partial charge in [-0.1, -0.05) is 35.9 Å². The molecule has 1 aromatic carbocycles. The third-order valence-corrected chi connectivity index (χ3v) is 5.99. The first-order chi connectivity index (χ1) is 11.2. The molecule has 23 heavy (non-hydrogen) atoms. The summed E-state index contributed by atoms with van der Waals surface area (Å²) in [4.78, 5) is 13.1. The van der Waals surface area contributed by atoms with Crippen LogP contribution in [0.4, 0.5) is 0 Å². The summed E-state index contributed by atoms with van der Waals surface area (Å²) in [6, 6.07) is 13.8. The number of amides is 1. The Morgan fingerprint density at radius 3 is 2.87 bits per heavy atom. The summed E-state index contributed by atoms with van der Waals surface area (Å²) in [5.74, 6) is 0.406. The van der Waals surface area contributed by atoms with Crippen LogP contribution in [0.25, 0.3) is 0 Å². The number of allylic oxidation sites excluding steroid dienone is 1. The first-order valence-electron chi connectivity index (χ1n) is 7.02. The number of hydrogen-bond acceptors (Lipinski definition) is 4. The second-order valence-electron chi connectivity index (χ2n) is 5.05. The van der Waals surface area contributed by atoms with E-state index in [1.54, 1.807) is 11.3 Å². The lowest BCUT2D eigenvalue weighted by molar-refractivity contribution is -0.120. The van der Waals surface area contributed by atoms with Gasteiger partial charge in [-0.25, -0.2) is 0 Å². The van der Waals surface area contributed by atoms with Crippen LogP contribution < -0.4 is 5.32 Å². The average molecular weight is 361 g/mol. The molecule has 3 rings (SSSR count). The van der Waals surface area contributed by atoms with E-state index in [4.69, 9.17) is 11.6 Å². The van der Waals surface area contributed by atoms with Crippen LogP contribution in [0.3, 0.4) is 0 Å². The second-order valence-corrected chi connectivity index (χ2v) is 7.43. The molecule has 1 aliphatic rings. The van der Waals surface area contributed by atoms with Crippen molar-refractivity contribution in [3.63, 3.8) is 0 Å². The van der Waals surface area contributed by atoms with Crippen LogP contribution in [0, 0.1) is 11.3 Å². The summed E-state index contributed by atoms with van der Waals surface area (Å²) in [6.45, 7) is 0. The summed E-state index contributed by atoms with van der Waals surface area (Å²) in [5, 5.41) is 15.7.